The average molecular weight is 468 g/mol. The number of hydrogen-bond acceptors (Lipinski definition) is 4. The molecule has 1 fully saturated rings. The van der Waals surface area contributed by atoms with Gasteiger partial charge in [0.1, 0.15) is 5.82 Å². The van der Waals surface area contributed by atoms with E-state index in [4.69, 9.17) is 0 Å². The normalized spacial score (nSPS) is 19.9. The fourth-order valence-electron chi connectivity index (χ4n) is 3.83. The molecule has 1 amide bonds. The van der Waals surface area contributed by atoms with E-state index in [0.717, 1.165) is 6.07 Å². The first-order valence-corrected chi connectivity index (χ1v) is 11.8. The third-order valence-electron chi connectivity index (χ3n) is 5.51. The van der Waals surface area contributed by atoms with Gasteiger partial charge < -0.3 is 9.80 Å². The number of carbonyl (C=O) groups excluding carboxylic acids is 1. The molecule has 31 heavy (non-hydrogen) atoms. The molecule has 0 N–H and O–H groups in total. The number of sulfonamides is 1. The molecule has 1 aromatic rings. The van der Waals surface area contributed by atoms with Gasteiger partial charge in [0.05, 0.1) is 11.8 Å². The monoisotopic (exact) mass is 467 g/mol. The molecule has 0 aromatic heterocycles. The summed E-state index contributed by atoms with van der Waals surface area (Å²) in [6, 6.07) is 2.51. The van der Waals surface area contributed by atoms with E-state index >= 15 is 0 Å². The zero-order valence-electron chi connectivity index (χ0n) is 18.1. The SMILES string of the molecule is CC(CCN1CCN(S(C)(=O)=O)C(C)C1)C(=O)N(C)Cc1ccc(C(F)(F)F)c(F)c1. The van der Waals surface area contributed by atoms with E-state index in [0.29, 0.717) is 38.7 Å². The predicted octanol–water partition coefficient (Wildman–Crippen LogP) is 2.79. The van der Waals surface area contributed by atoms with E-state index in [1.165, 1.54) is 28.6 Å². The second-order valence-electron chi connectivity index (χ2n) is 8.22. The zero-order chi connectivity index (χ0) is 23.6. The molecule has 0 spiro atoms. The first kappa shape index (κ1) is 25.5. The molecule has 176 valence electrons. The predicted molar refractivity (Wildman–Crippen MR) is 109 cm³/mol. The molecule has 1 saturated heterocycles. The van der Waals surface area contributed by atoms with E-state index < -0.39 is 27.6 Å². The minimum Gasteiger partial charge on any atom is -0.341 e. The van der Waals surface area contributed by atoms with Crippen LogP contribution in [0.4, 0.5) is 17.6 Å². The fraction of sp³-hybridized carbons (Fsp3) is 0.650. The van der Waals surface area contributed by atoms with Gasteiger partial charge in [-0.3, -0.25) is 4.79 Å². The molecule has 1 aromatic carbocycles. The second-order valence-corrected chi connectivity index (χ2v) is 10.2. The van der Waals surface area contributed by atoms with Gasteiger partial charge >= 0.3 is 6.18 Å². The Morgan fingerprint density at radius 1 is 1.29 bits per heavy atom. The lowest BCUT2D eigenvalue weighted by Crippen LogP contribution is -2.53. The quantitative estimate of drug-likeness (QED) is 0.579. The Kier molecular flexibility index (Phi) is 8.10. The molecular weight excluding hydrogens is 438 g/mol. The maximum absolute atomic E-state index is 13.7. The van der Waals surface area contributed by atoms with Gasteiger partial charge in [0, 0.05) is 45.2 Å². The highest BCUT2D eigenvalue weighted by atomic mass is 32.2. The summed E-state index contributed by atoms with van der Waals surface area (Å²) in [6.07, 6.45) is -3.02. The molecule has 1 heterocycles. The summed E-state index contributed by atoms with van der Waals surface area (Å²) in [5, 5.41) is 0. The van der Waals surface area contributed by atoms with Crippen molar-refractivity contribution >= 4 is 15.9 Å². The largest absolute Gasteiger partial charge is 0.419 e. The number of nitrogens with zero attached hydrogens (tertiary/aromatic N) is 3. The van der Waals surface area contributed by atoms with Crippen molar-refractivity contribution in [1.82, 2.24) is 14.1 Å². The van der Waals surface area contributed by atoms with Crippen LogP contribution in [0, 0.1) is 11.7 Å². The number of benzene rings is 1. The number of hydrogen-bond donors (Lipinski definition) is 0. The summed E-state index contributed by atoms with van der Waals surface area (Å²) in [4.78, 5) is 16.1. The lowest BCUT2D eigenvalue weighted by molar-refractivity contribution is -0.140. The summed E-state index contributed by atoms with van der Waals surface area (Å²) in [6.45, 7) is 5.80. The molecule has 11 heteroatoms. The number of alkyl halides is 3. The number of carbonyl (C=O) groups is 1. The average Bonchev–Trinajstić information content (AvgIpc) is 2.63. The molecule has 2 atom stereocenters. The summed E-state index contributed by atoms with van der Waals surface area (Å²) < 4.78 is 76.7. The smallest absolute Gasteiger partial charge is 0.341 e. The molecule has 0 aliphatic carbocycles. The lowest BCUT2D eigenvalue weighted by atomic mass is 10.0. The van der Waals surface area contributed by atoms with Crippen LogP contribution < -0.4 is 0 Å². The van der Waals surface area contributed by atoms with Crippen LogP contribution in [0.1, 0.15) is 31.4 Å². The van der Waals surface area contributed by atoms with Gasteiger partial charge in [0.15, 0.2) is 0 Å². The second kappa shape index (κ2) is 9.83. The lowest BCUT2D eigenvalue weighted by Gasteiger charge is -2.38. The van der Waals surface area contributed by atoms with Crippen LogP contribution >= 0.6 is 0 Å². The van der Waals surface area contributed by atoms with Crippen LogP contribution in [0.25, 0.3) is 0 Å². The first-order chi connectivity index (χ1) is 14.2. The third kappa shape index (κ3) is 6.88. The number of amides is 1. The third-order valence-corrected chi connectivity index (χ3v) is 6.91. The number of piperazine rings is 1. The van der Waals surface area contributed by atoms with E-state index in [1.54, 1.807) is 6.92 Å². The van der Waals surface area contributed by atoms with Crippen molar-refractivity contribution < 1.29 is 30.8 Å². The van der Waals surface area contributed by atoms with Crippen molar-refractivity contribution in [2.75, 3.05) is 39.5 Å². The van der Waals surface area contributed by atoms with Crippen molar-refractivity contribution in [3.05, 3.63) is 35.1 Å². The molecule has 0 bridgehead atoms. The van der Waals surface area contributed by atoms with Gasteiger partial charge in [-0.1, -0.05) is 13.0 Å². The van der Waals surface area contributed by atoms with Crippen LogP contribution in [0.15, 0.2) is 18.2 Å². The van der Waals surface area contributed by atoms with Crippen molar-refractivity contribution in [3.8, 4) is 0 Å². The van der Waals surface area contributed by atoms with Gasteiger partial charge in [0.25, 0.3) is 0 Å². The molecule has 1 aliphatic heterocycles. The maximum atomic E-state index is 13.7. The van der Waals surface area contributed by atoms with E-state index in [9.17, 15) is 30.8 Å². The molecule has 2 unspecified atom stereocenters. The summed E-state index contributed by atoms with van der Waals surface area (Å²) >= 11 is 0. The van der Waals surface area contributed by atoms with Crippen molar-refractivity contribution in [3.63, 3.8) is 0 Å². The Hall–Kier alpha value is -1.72. The highest BCUT2D eigenvalue weighted by molar-refractivity contribution is 7.88. The van der Waals surface area contributed by atoms with Crippen LogP contribution in [-0.4, -0.2) is 74.0 Å². The van der Waals surface area contributed by atoms with E-state index in [2.05, 4.69) is 4.90 Å². The Labute approximate surface area is 180 Å². The highest BCUT2D eigenvalue weighted by Gasteiger charge is 2.34. The minimum atomic E-state index is -4.76. The maximum Gasteiger partial charge on any atom is 0.419 e. The summed E-state index contributed by atoms with van der Waals surface area (Å²) in [7, 11) is -1.71. The standard InChI is InChI=1S/C20H29F4N3O3S/c1-14(7-8-26-9-10-27(15(2)12-26)31(4,29)30)19(28)25(3)13-16-5-6-17(18(21)11-16)20(22,23)24/h5-6,11,14-15H,7-10,12-13H2,1-4H3. The van der Waals surface area contributed by atoms with Crippen LogP contribution in [0.3, 0.4) is 0 Å². The van der Waals surface area contributed by atoms with Crippen molar-refractivity contribution in [2.45, 2.75) is 39.0 Å². The van der Waals surface area contributed by atoms with Gasteiger partial charge in [-0.2, -0.15) is 17.5 Å². The van der Waals surface area contributed by atoms with Gasteiger partial charge in [-0.25, -0.2) is 12.8 Å². The number of rotatable bonds is 7. The van der Waals surface area contributed by atoms with E-state index in [1.807, 2.05) is 6.92 Å². The van der Waals surface area contributed by atoms with Gasteiger partial charge in [-0.05, 0) is 37.6 Å². The molecule has 0 saturated carbocycles. The van der Waals surface area contributed by atoms with Crippen molar-refractivity contribution in [1.29, 1.82) is 0 Å². The Bertz CT molecular complexity index is 892. The molecule has 2 rings (SSSR count). The van der Waals surface area contributed by atoms with Crippen LogP contribution in [-0.2, 0) is 27.5 Å². The Morgan fingerprint density at radius 2 is 1.94 bits per heavy atom. The molecule has 6 nitrogen and oxygen atoms in total. The van der Waals surface area contributed by atoms with Crippen LogP contribution in [0.2, 0.25) is 0 Å². The van der Waals surface area contributed by atoms with Crippen LogP contribution in [0.5, 0.6) is 0 Å². The summed E-state index contributed by atoms with van der Waals surface area (Å²) in [5.41, 5.74) is -1.05. The molecular formula is C20H29F4N3O3S. The first-order valence-electron chi connectivity index (χ1n) is 10.00. The fourth-order valence-corrected chi connectivity index (χ4v) is 4.96. The van der Waals surface area contributed by atoms with Gasteiger partial charge in [-0.15, -0.1) is 0 Å². The van der Waals surface area contributed by atoms with E-state index in [-0.39, 0.29) is 30.0 Å². The number of halogens is 4. The minimum absolute atomic E-state index is 0.00228. The molecule has 0 radical (unpaired) electrons. The van der Waals surface area contributed by atoms with Gasteiger partial charge in [0.2, 0.25) is 15.9 Å². The molecule has 1 aliphatic rings. The summed E-state index contributed by atoms with van der Waals surface area (Å²) in [5.74, 6) is -1.89. The van der Waals surface area contributed by atoms with Crippen molar-refractivity contribution in [2.24, 2.45) is 5.92 Å². The topological polar surface area (TPSA) is 60.9 Å². The zero-order valence-corrected chi connectivity index (χ0v) is 18.9. The Balaban J connectivity index is 1.87. The highest BCUT2D eigenvalue weighted by Crippen LogP contribution is 2.31. The Morgan fingerprint density at radius 3 is 2.45 bits per heavy atom.